The minimum absolute atomic E-state index is 0.209. The molecule has 90 valence electrons. The lowest BCUT2D eigenvalue weighted by atomic mass is 10.1. The van der Waals surface area contributed by atoms with Crippen LogP contribution in [0.1, 0.15) is 39.0 Å². The lowest BCUT2D eigenvalue weighted by molar-refractivity contribution is 0.645. The first kappa shape index (κ1) is 13.0. The van der Waals surface area contributed by atoms with E-state index in [9.17, 15) is 0 Å². The van der Waals surface area contributed by atoms with Crippen molar-refractivity contribution in [2.24, 2.45) is 0 Å². The molecule has 0 fully saturated rings. The lowest BCUT2D eigenvalue weighted by Crippen LogP contribution is -2.05. The molecule has 0 aliphatic heterocycles. The molecule has 1 aromatic heterocycles. The van der Waals surface area contributed by atoms with Crippen molar-refractivity contribution in [1.82, 2.24) is 9.97 Å². The Morgan fingerprint density at radius 3 is 2.69 bits per heavy atom. The molecule has 0 aromatic carbocycles. The first-order valence-electron chi connectivity index (χ1n) is 5.76. The Morgan fingerprint density at radius 1 is 1.25 bits per heavy atom. The van der Waals surface area contributed by atoms with E-state index in [0.29, 0.717) is 11.0 Å². The summed E-state index contributed by atoms with van der Waals surface area (Å²) >= 11 is 5.76. The Hall–Kier alpha value is -1.03. The molecule has 0 saturated heterocycles. The lowest BCUT2D eigenvalue weighted by Gasteiger charge is -2.06. The molecular weight excluding hydrogens is 224 g/mol. The van der Waals surface area contributed by atoms with Crippen LogP contribution in [0.4, 0.5) is 11.8 Å². The van der Waals surface area contributed by atoms with Gasteiger partial charge in [-0.3, -0.25) is 0 Å². The van der Waals surface area contributed by atoms with E-state index in [-0.39, 0.29) is 5.95 Å². The van der Waals surface area contributed by atoms with E-state index in [1.807, 2.05) is 0 Å². The molecule has 0 unspecified atom stereocenters. The zero-order chi connectivity index (χ0) is 11.8. The summed E-state index contributed by atoms with van der Waals surface area (Å²) in [5.74, 6) is 0.911. The van der Waals surface area contributed by atoms with Crippen LogP contribution < -0.4 is 11.1 Å². The molecule has 1 heterocycles. The van der Waals surface area contributed by atoms with Crippen molar-refractivity contribution in [3.8, 4) is 0 Å². The number of hydrogen-bond acceptors (Lipinski definition) is 4. The molecule has 0 amide bonds. The molecule has 1 rings (SSSR count). The summed E-state index contributed by atoms with van der Waals surface area (Å²) in [7, 11) is 0. The Balaban J connectivity index is 2.21. The Morgan fingerprint density at radius 2 is 2.00 bits per heavy atom. The van der Waals surface area contributed by atoms with Gasteiger partial charge in [-0.25, -0.2) is 4.98 Å². The normalized spacial score (nSPS) is 10.4. The van der Waals surface area contributed by atoms with E-state index in [1.165, 1.54) is 25.7 Å². The number of nitrogens with two attached hydrogens (primary N) is 1. The number of halogens is 1. The third-order valence-corrected chi connectivity index (χ3v) is 2.49. The van der Waals surface area contributed by atoms with Crippen LogP contribution in [0, 0.1) is 0 Å². The molecule has 3 N–H and O–H groups in total. The van der Waals surface area contributed by atoms with Crippen LogP contribution in [0.15, 0.2) is 6.07 Å². The number of nitrogens with zero attached hydrogens (tertiary/aromatic N) is 2. The van der Waals surface area contributed by atoms with E-state index < -0.39 is 0 Å². The second kappa shape index (κ2) is 7.28. The van der Waals surface area contributed by atoms with Crippen LogP contribution in [0.3, 0.4) is 0 Å². The zero-order valence-corrected chi connectivity index (χ0v) is 10.4. The molecule has 0 bridgehead atoms. The fraction of sp³-hybridized carbons (Fsp3) is 0.636. The molecule has 0 aliphatic rings. The molecule has 0 spiro atoms. The van der Waals surface area contributed by atoms with Gasteiger partial charge in [-0.1, -0.05) is 44.2 Å². The molecule has 1 aromatic rings. The van der Waals surface area contributed by atoms with Gasteiger partial charge in [0.2, 0.25) is 5.95 Å². The summed E-state index contributed by atoms with van der Waals surface area (Å²) in [5.41, 5.74) is 5.48. The number of nitrogens with one attached hydrogen (secondary N) is 1. The van der Waals surface area contributed by atoms with Gasteiger partial charge in [-0.2, -0.15) is 4.98 Å². The fourth-order valence-electron chi connectivity index (χ4n) is 1.47. The highest BCUT2D eigenvalue weighted by atomic mass is 35.5. The number of nitrogen functional groups attached to an aromatic ring is 1. The van der Waals surface area contributed by atoms with Crippen molar-refractivity contribution in [2.75, 3.05) is 17.6 Å². The van der Waals surface area contributed by atoms with Gasteiger partial charge in [0.25, 0.3) is 0 Å². The van der Waals surface area contributed by atoms with Crippen LogP contribution in [0.5, 0.6) is 0 Å². The highest BCUT2D eigenvalue weighted by Gasteiger charge is 1.99. The van der Waals surface area contributed by atoms with Crippen LogP contribution in [0.2, 0.25) is 5.15 Å². The minimum Gasteiger partial charge on any atom is -0.370 e. The van der Waals surface area contributed by atoms with Gasteiger partial charge in [-0.15, -0.1) is 0 Å². The Labute approximate surface area is 102 Å². The van der Waals surface area contributed by atoms with Crippen molar-refractivity contribution in [3.05, 3.63) is 11.2 Å². The average Bonchev–Trinajstić information content (AvgIpc) is 2.22. The SMILES string of the molecule is CCCCCCCNc1cc(Cl)nc(N)n1. The number of rotatable bonds is 7. The maximum absolute atomic E-state index is 5.76. The standard InChI is InChI=1S/C11H19ClN4/c1-2-3-4-5-6-7-14-10-8-9(12)15-11(13)16-10/h8H,2-7H2,1H3,(H3,13,14,15,16). The summed E-state index contributed by atoms with van der Waals surface area (Å²) in [4.78, 5) is 7.83. The summed E-state index contributed by atoms with van der Waals surface area (Å²) in [6, 6.07) is 1.68. The van der Waals surface area contributed by atoms with Crippen LogP contribution >= 0.6 is 11.6 Å². The Bertz CT molecular complexity index is 297. The molecular formula is C11H19ClN4. The molecule has 16 heavy (non-hydrogen) atoms. The van der Waals surface area contributed by atoms with E-state index in [1.54, 1.807) is 6.07 Å². The number of aromatic nitrogens is 2. The summed E-state index contributed by atoms with van der Waals surface area (Å²) in [6.07, 6.45) is 6.26. The van der Waals surface area contributed by atoms with Crippen LogP contribution in [-0.4, -0.2) is 16.5 Å². The third-order valence-electron chi connectivity index (χ3n) is 2.30. The number of anilines is 2. The van der Waals surface area contributed by atoms with Gasteiger partial charge >= 0.3 is 0 Å². The van der Waals surface area contributed by atoms with Crippen molar-refractivity contribution >= 4 is 23.4 Å². The number of unbranched alkanes of at least 4 members (excludes halogenated alkanes) is 4. The zero-order valence-electron chi connectivity index (χ0n) is 9.67. The maximum atomic E-state index is 5.76. The monoisotopic (exact) mass is 242 g/mol. The first-order valence-corrected chi connectivity index (χ1v) is 6.14. The van der Waals surface area contributed by atoms with Crippen molar-refractivity contribution in [3.63, 3.8) is 0 Å². The van der Waals surface area contributed by atoms with Gasteiger partial charge in [-0.05, 0) is 6.42 Å². The highest BCUT2D eigenvalue weighted by Crippen LogP contribution is 2.12. The molecule has 5 heteroatoms. The van der Waals surface area contributed by atoms with Gasteiger partial charge in [0.15, 0.2) is 0 Å². The van der Waals surface area contributed by atoms with E-state index in [0.717, 1.165) is 13.0 Å². The summed E-state index contributed by atoms with van der Waals surface area (Å²) in [6.45, 7) is 3.11. The predicted molar refractivity (Wildman–Crippen MR) is 68.7 cm³/mol. The molecule has 4 nitrogen and oxygen atoms in total. The Kier molecular flexibility index (Phi) is 5.93. The van der Waals surface area contributed by atoms with Gasteiger partial charge < -0.3 is 11.1 Å². The van der Waals surface area contributed by atoms with Crippen molar-refractivity contribution in [2.45, 2.75) is 39.0 Å². The van der Waals surface area contributed by atoms with Gasteiger partial charge in [0, 0.05) is 12.6 Å². The smallest absolute Gasteiger partial charge is 0.223 e. The molecule has 0 atom stereocenters. The maximum Gasteiger partial charge on any atom is 0.223 e. The quantitative estimate of drug-likeness (QED) is 0.570. The largest absolute Gasteiger partial charge is 0.370 e. The van der Waals surface area contributed by atoms with E-state index >= 15 is 0 Å². The first-order chi connectivity index (χ1) is 7.72. The number of hydrogen-bond donors (Lipinski definition) is 2. The van der Waals surface area contributed by atoms with Crippen molar-refractivity contribution < 1.29 is 0 Å². The van der Waals surface area contributed by atoms with E-state index in [4.69, 9.17) is 17.3 Å². The predicted octanol–water partition coefficient (Wildman–Crippen LogP) is 3.09. The highest BCUT2D eigenvalue weighted by molar-refractivity contribution is 6.29. The second-order valence-corrected chi connectivity index (χ2v) is 4.16. The topological polar surface area (TPSA) is 63.8 Å². The van der Waals surface area contributed by atoms with Crippen LogP contribution in [-0.2, 0) is 0 Å². The summed E-state index contributed by atoms with van der Waals surface area (Å²) < 4.78 is 0. The van der Waals surface area contributed by atoms with Gasteiger partial charge in [0.05, 0.1) is 0 Å². The third kappa shape index (κ3) is 5.16. The summed E-state index contributed by atoms with van der Waals surface area (Å²) in [5, 5.41) is 3.56. The second-order valence-electron chi connectivity index (χ2n) is 3.78. The van der Waals surface area contributed by atoms with E-state index in [2.05, 4.69) is 22.2 Å². The van der Waals surface area contributed by atoms with Crippen molar-refractivity contribution in [1.29, 1.82) is 0 Å². The molecule has 0 saturated carbocycles. The van der Waals surface area contributed by atoms with Crippen LogP contribution in [0.25, 0.3) is 0 Å². The fourth-order valence-corrected chi connectivity index (χ4v) is 1.66. The average molecular weight is 243 g/mol. The minimum atomic E-state index is 0.209. The van der Waals surface area contributed by atoms with Gasteiger partial charge in [0.1, 0.15) is 11.0 Å². The molecule has 0 radical (unpaired) electrons. The molecule has 0 aliphatic carbocycles.